The molecule has 2 N–H and O–H groups in total. The van der Waals surface area contributed by atoms with Gasteiger partial charge in [0.05, 0.1) is 0 Å². The summed E-state index contributed by atoms with van der Waals surface area (Å²) >= 11 is 1.87. The van der Waals surface area contributed by atoms with Crippen LogP contribution in [-0.4, -0.2) is 28.6 Å². The number of benzene rings is 1. The number of nitrogens with one attached hydrogen (secondary N) is 1. The number of amides is 1. The van der Waals surface area contributed by atoms with Crippen molar-refractivity contribution in [1.82, 2.24) is 5.32 Å². The van der Waals surface area contributed by atoms with Crippen LogP contribution < -0.4 is 5.32 Å². The molecule has 0 bridgehead atoms. The lowest BCUT2D eigenvalue weighted by atomic mass is 9.88. The average Bonchev–Trinajstić information content (AvgIpc) is 2.46. The fourth-order valence-corrected chi connectivity index (χ4v) is 3.55. The number of thioether (sulfide) groups is 1. The van der Waals surface area contributed by atoms with Gasteiger partial charge in [-0.1, -0.05) is 25.3 Å². The van der Waals surface area contributed by atoms with Gasteiger partial charge in [-0.3, -0.25) is 4.79 Å². The second kappa shape index (κ2) is 6.33. The van der Waals surface area contributed by atoms with Crippen molar-refractivity contribution in [3.05, 3.63) is 29.8 Å². The molecule has 0 aliphatic heterocycles. The van der Waals surface area contributed by atoms with Crippen molar-refractivity contribution < 1.29 is 9.90 Å². The van der Waals surface area contributed by atoms with E-state index in [4.69, 9.17) is 0 Å². The lowest BCUT2D eigenvalue weighted by molar-refractivity contribution is 0.0946. The second-order valence-corrected chi connectivity index (χ2v) is 6.46. The molecular formula is C15H21NO2S. The van der Waals surface area contributed by atoms with E-state index in [1.807, 2.05) is 11.8 Å². The monoisotopic (exact) mass is 279 g/mol. The van der Waals surface area contributed by atoms with Crippen molar-refractivity contribution >= 4 is 17.7 Å². The Labute approximate surface area is 118 Å². The van der Waals surface area contributed by atoms with E-state index in [1.54, 1.807) is 18.2 Å². The SMILES string of the molecule is CSC1(CNC(=O)c2cccc(O)c2)CCCCC1. The Morgan fingerprint density at radius 1 is 1.37 bits per heavy atom. The predicted molar refractivity (Wildman–Crippen MR) is 79.8 cm³/mol. The Morgan fingerprint density at radius 3 is 2.74 bits per heavy atom. The number of rotatable bonds is 4. The Balaban J connectivity index is 1.95. The predicted octanol–water partition coefficient (Wildman–Crippen LogP) is 3.19. The third kappa shape index (κ3) is 3.66. The van der Waals surface area contributed by atoms with E-state index < -0.39 is 0 Å². The van der Waals surface area contributed by atoms with Crippen molar-refractivity contribution in [1.29, 1.82) is 0 Å². The van der Waals surface area contributed by atoms with Crippen molar-refractivity contribution in [2.45, 2.75) is 36.9 Å². The summed E-state index contributed by atoms with van der Waals surface area (Å²) in [5.74, 6) is 0.0276. The first-order valence-corrected chi connectivity index (χ1v) is 8.00. The number of hydrogen-bond donors (Lipinski definition) is 2. The molecule has 0 unspecified atom stereocenters. The number of carbonyl (C=O) groups excluding carboxylic acids is 1. The van der Waals surface area contributed by atoms with Gasteiger partial charge in [-0.05, 0) is 37.3 Å². The van der Waals surface area contributed by atoms with Crippen LogP contribution in [-0.2, 0) is 0 Å². The standard InChI is InChI=1S/C15H21NO2S/c1-19-15(8-3-2-4-9-15)11-16-14(18)12-6-5-7-13(17)10-12/h5-7,10,17H,2-4,8-9,11H2,1H3,(H,16,18). The molecule has 0 spiro atoms. The molecule has 1 fully saturated rings. The highest BCUT2D eigenvalue weighted by atomic mass is 32.2. The van der Waals surface area contributed by atoms with Gasteiger partial charge in [0.15, 0.2) is 0 Å². The maximum Gasteiger partial charge on any atom is 0.251 e. The average molecular weight is 279 g/mol. The van der Waals surface area contributed by atoms with Gasteiger partial charge >= 0.3 is 0 Å². The smallest absolute Gasteiger partial charge is 0.251 e. The van der Waals surface area contributed by atoms with Crippen LogP contribution in [0.15, 0.2) is 24.3 Å². The molecule has 0 radical (unpaired) electrons. The van der Waals surface area contributed by atoms with Crippen LogP contribution in [0.2, 0.25) is 0 Å². The van der Waals surface area contributed by atoms with Crippen molar-refractivity contribution in [2.75, 3.05) is 12.8 Å². The molecule has 0 atom stereocenters. The molecule has 0 heterocycles. The lowest BCUT2D eigenvalue weighted by Crippen LogP contribution is -2.41. The molecule has 1 saturated carbocycles. The van der Waals surface area contributed by atoms with Gasteiger partial charge in [0.2, 0.25) is 0 Å². The molecule has 2 rings (SSSR count). The van der Waals surface area contributed by atoms with Crippen LogP contribution in [0.25, 0.3) is 0 Å². The Kier molecular flexibility index (Phi) is 4.75. The summed E-state index contributed by atoms with van der Waals surface area (Å²) in [6.45, 7) is 0.711. The van der Waals surface area contributed by atoms with Crippen LogP contribution >= 0.6 is 11.8 Å². The van der Waals surface area contributed by atoms with E-state index >= 15 is 0 Å². The summed E-state index contributed by atoms with van der Waals surface area (Å²) in [5, 5.41) is 12.4. The number of carbonyl (C=O) groups is 1. The van der Waals surface area contributed by atoms with Gasteiger partial charge in [0, 0.05) is 16.9 Å². The molecule has 19 heavy (non-hydrogen) atoms. The Morgan fingerprint density at radius 2 is 2.11 bits per heavy atom. The second-order valence-electron chi connectivity index (χ2n) is 5.18. The van der Waals surface area contributed by atoms with Crippen molar-refractivity contribution in [3.8, 4) is 5.75 Å². The quantitative estimate of drug-likeness (QED) is 0.890. The number of hydrogen-bond acceptors (Lipinski definition) is 3. The molecule has 1 aromatic rings. The summed E-state index contributed by atoms with van der Waals surface area (Å²) < 4.78 is 0.199. The lowest BCUT2D eigenvalue weighted by Gasteiger charge is -2.35. The minimum Gasteiger partial charge on any atom is -0.508 e. The number of aromatic hydroxyl groups is 1. The topological polar surface area (TPSA) is 49.3 Å². The van der Waals surface area contributed by atoms with Crippen LogP contribution in [0.5, 0.6) is 5.75 Å². The van der Waals surface area contributed by atoms with E-state index in [2.05, 4.69) is 11.6 Å². The molecule has 0 saturated heterocycles. The first-order chi connectivity index (χ1) is 9.15. The van der Waals surface area contributed by atoms with Gasteiger partial charge in [0.1, 0.15) is 5.75 Å². The van der Waals surface area contributed by atoms with Crippen LogP contribution in [0.3, 0.4) is 0 Å². The fourth-order valence-electron chi connectivity index (χ4n) is 2.64. The normalized spacial score (nSPS) is 17.9. The van der Waals surface area contributed by atoms with Crippen LogP contribution in [0.4, 0.5) is 0 Å². The van der Waals surface area contributed by atoms with Crippen LogP contribution in [0, 0.1) is 0 Å². The van der Waals surface area contributed by atoms with Gasteiger partial charge in [-0.2, -0.15) is 11.8 Å². The van der Waals surface area contributed by atoms with Gasteiger partial charge in [-0.25, -0.2) is 0 Å². The highest BCUT2D eigenvalue weighted by Gasteiger charge is 2.31. The van der Waals surface area contributed by atoms with Gasteiger partial charge in [-0.15, -0.1) is 0 Å². The highest BCUT2D eigenvalue weighted by molar-refractivity contribution is 8.00. The van der Waals surface area contributed by atoms with E-state index in [9.17, 15) is 9.90 Å². The molecular weight excluding hydrogens is 258 g/mol. The maximum atomic E-state index is 12.1. The summed E-state index contributed by atoms with van der Waals surface area (Å²) in [5.41, 5.74) is 0.520. The maximum absolute atomic E-state index is 12.1. The van der Waals surface area contributed by atoms with Crippen molar-refractivity contribution in [3.63, 3.8) is 0 Å². The highest BCUT2D eigenvalue weighted by Crippen LogP contribution is 2.37. The minimum absolute atomic E-state index is 0.102. The summed E-state index contributed by atoms with van der Waals surface area (Å²) in [6.07, 6.45) is 8.29. The first kappa shape index (κ1) is 14.3. The van der Waals surface area contributed by atoms with Gasteiger partial charge < -0.3 is 10.4 Å². The van der Waals surface area contributed by atoms with Crippen LogP contribution in [0.1, 0.15) is 42.5 Å². The largest absolute Gasteiger partial charge is 0.508 e. The fraction of sp³-hybridized carbons (Fsp3) is 0.533. The molecule has 1 aliphatic carbocycles. The third-order valence-corrected chi connectivity index (χ3v) is 5.30. The summed E-state index contributed by atoms with van der Waals surface area (Å²) in [7, 11) is 0. The van der Waals surface area contributed by atoms with E-state index in [0.29, 0.717) is 12.1 Å². The molecule has 1 aliphatic rings. The Bertz CT molecular complexity index is 442. The minimum atomic E-state index is -0.102. The first-order valence-electron chi connectivity index (χ1n) is 6.78. The zero-order valence-electron chi connectivity index (χ0n) is 11.3. The van der Waals surface area contributed by atoms with E-state index in [1.165, 1.54) is 38.2 Å². The summed E-state index contributed by atoms with van der Waals surface area (Å²) in [4.78, 5) is 12.1. The number of phenolic OH excluding ortho intramolecular Hbond substituents is 1. The van der Waals surface area contributed by atoms with Crippen molar-refractivity contribution in [2.24, 2.45) is 0 Å². The zero-order chi connectivity index (χ0) is 13.7. The molecule has 104 valence electrons. The molecule has 1 aromatic carbocycles. The van der Waals surface area contributed by atoms with E-state index in [-0.39, 0.29) is 16.4 Å². The van der Waals surface area contributed by atoms with E-state index in [0.717, 1.165) is 0 Å². The molecule has 1 amide bonds. The third-order valence-electron chi connectivity index (χ3n) is 3.88. The Hall–Kier alpha value is -1.16. The molecule has 3 nitrogen and oxygen atoms in total. The number of phenols is 1. The summed E-state index contributed by atoms with van der Waals surface area (Å²) in [6, 6.07) is 6.49. The van der Waals surface area contributed by atoms with Gasteiger partial charge in [0.25, 0.3) is 5.91 Å². The molecule has 0 aromatic heterocycles. The zero-order valence-corrected chi connectivity index (χ0v) is 12.1. The molecule has 4 heteroatoms.